The van der Waals surface area contributed by atoms with Gasteiger partial charge in [0, 0.05) is 10.9 Å². The van der Waals surface area contributed by atoms with Crippen molar-refractivity contribution in [2.24, 2.45) is 0 Å². The summed E-state index contributed by atoms with van der Waals surface area (Å²) >= 11 is 1.51. The molecule has 1 heterocycles. The molecule has 0 saturated carbocycles. The summed E-state index contributed by atoms with van der Waals surface area (Å²) in [6, 6.07) is 14.3. The minimum Gasteiger partial charge on any atom is -0.340 e. The van der Waals surface area contributed by atoms with Crippen LogP contribution in [-0.4, -0.2) is 5.91 Å². The third kappa shape index (κ3) is 3.94. The lowest BCUT2D eigenvalue weighted by Crippen LogP contribution is -2.29. The van der Waals surface area contributed by atoms with Crippen LogP contribution >= 0.6 is 11.3 Å². The fraction of sp³-hybridized carbons (Fsp3) is 0.150. The van der Waals surface area contributed by atoms with Crippen molar-refractivity contribution in [1.29, 1.82) is 0 Å². The summed E-state index contributed by atoms with van der Waals surface area (Å²) in [5.41, 5.74) is 1.94. The Morgan fingerprint density at radius 3 is 2.48 bits per heavy atom. The van der Waals surface area contributed by atoms with Gasteiger partial charge in [-0.1, -0.05) is 37.3 Å². The van der Waals surface area contributed by atoms with Crippen molar-refractivity contribution in [3.63, 3.8) is 0 Å². The molecule has 0 fully saturated rings. The van der Waals surface area contributed by atoms with E-state index in [4.69, 9.17) is 0 Å². The second-order valence-corrected chi connectivity index (χ2v) is 6.62. The molecule has 1 N–H and O–H groups in total. The summed E-state index contributed by atoms with van der Waals surface area (Å²) in [4.78, 5) is 13.5. The Bertz CT molecular complexity index is 860. The molecule has 0 aliphatic carbocycles. The molecule has 0 aliphatic heterocycles. The second-order valence-electron chi connectivity index (χ2n) is 5.64. The summed E-state index contributed by atoms with van der Waals surface area (Å²) in [6.07, 6.45) is 0.928. The van der Waals surface area contributed by atoms with Crippen LogP contribution in [0, 0.1) is 11.6 Å². The van der Waals surface area contributed by atoms with Gasteiger partial charge in [0.05, 0.1) is 11.6 Å². The number of carbonyl (C=O) groups excluding carboxylic acids is 1. The van der Waals surface area contributed by atoms with Crippen molar-refractivity contribution in [2.45, 2.75) is 19.4 Å². The van der Waals surface area contributed by atoms with Crippen LogP contribution in [0.25, 0.3) is 0 Å². The van der Waals surface area contributed by atoms with E-state index < -0.39 is 17.5 Å². The second kappa shape index (κ2) is 7.57. The van der Waals surface area contributed by atoms with Crippen LogP contribution in [0.3, 0.4) is 0 Å². The molecule has 0 aliphatic rings. The predicted octanol–water partition coefficient (Wildman–Crippen LogP) is 5.11. The van der Waals surface area contributed by atoms with Crippen LogP contribution in [0.15, 0.2) is 60.0 Å². The first-order chi connectivity index (χ1) is 12.1. The highest BCUT2D eigenvalue weighted by molar-refractivity contribution is 7.10. The number of carbonyl (C=O) groups is 1. The van der Waals surface area contributed by atoms with Crippen molar-refractivity contribution in [2.75, 3.05) is 0 Å². The van der Waals surface area contributed by atoms with E-state index in [-0.39, 0.29) is 11.6 Å². The lowest BCUT2D eigenvalue weighted by molar-refractivity contribution is 0.0939. The van der Waals surface area contributed by atoms with E-state index in [0.29, 0.717) is 6.07 Å². The fourth-order valence-corrected chi connectivity index (χ4v) is 3.41. The van der Waals surface area contributed by atoms with E-state index in [2.05, 4.69) is 12.2 Å². The molecular formula is C20H17F2NOS. The Hall–Kier alpha value is -2.53. The Morgan fingerprint density at radius 2 is 1.88 bits per heavy atom. The maximum absolute atomic E-state index is 13.9. The van der Waals surface area contributed by atoms with E-state index in [9.17, 15) is 13.6 Å². The molecule has 2 nitrogen and oxygen atoms in total. The van der Waals surface area contributed by atoms with Crippen LogP contribution in [0.1, 0.15) is 39.3 Å². The van der Waals surface area contributed by atoms with E-state index >= 15 is 0 Å². The zero-order valence-electron chi connectivity index (χ0n) is 13.6. The Kier molecular flexibility index (Phi) is 5.24. The zero-order valence-corrected chi connectivity index (χ0v) is 14.4. The molecule has 25 heavy (non-hydrogen) atoms. The topological polar surface area (TPSA) is 29.1 Å². The molecule has 3 rings (SSSR count). The standard InChI is InChI=1S/C20H17F2NOS/c1-2-13-5-7-14(8-6-13)19(18-4-3-11-25-18)23-20(24)16-10-9-15(21)12-17(16)22/h3-12,19H,2H2,1H3,(H,23,24)/t19-/m0/s1. The van der Waals surface area contributed by atoms with Gasteiger partial charge in [0.25, 0.3) is 5.91 Å². The minimum absolute atomic E-state index is 0.173. The first-order valence-corrected chi connectivity index (χ1v) is 8.84. The Labute approximate surface area is 149 Å². The van der Waals surface area contributed by atoms with Crippen molar-refractivity contribution in [1.82, 2.24) is 5.32 Å². The van der Waals surface area contributed by atoms with Crippen molar-refractivity contribution < 1.29 is 13.6 Å². The molecule has 1 aromatic heterocycles. The largest absolute Gasteiger partial charge is 0.340 e. The van der Waals surface area contributed by atoms with E-state index in [1.54, 1.807) is 0 Å². The number of thiophene rings is 1. The molecule has 1 amide bonds. The molecule has 2 aromatic carbocycles. The third-order valence-corrected chi connectivity index (χ3v) is 4.94. The summed E-state index contributed by atoms with van der Waals surface area (Å²) in [7, 11) is 0. The van der Waals surface area contributed by atoms with Crippen LogP contribution in [0.2, 0.25) is 0 Å². The van der Waals surface area contributed by atoms with Crippen LogP contribution in [0.5, 0.6) is 0 Å². The summed E-state index contributed by atoms with van der Waals surface area (Å²) in [5.74, 6) is -2.15. The number of rotatable bonds is 5. The molecule has 0 spiro atoms. The molecular weight excluding hydrogens is 340 g/mol. The maximum Gasteiger partial charge on any atom is 0.255 e. The van der Waals surface area contributed by atoms with Gasteiger partial charge in [-0.25, -0.2) is 8.78 Å². The number of hydrogen-bond donors (Lipinski definition) is 1. The number of amides is 1. The van der Waals surface area contributed by atoms with Crippen LogP contribution in [0.4, 0.5) is 8.78 Å². The van der Waals surface area contributed by atoms with Gasteiger partial charge in [-0.05, 0) is 41.1 Å². The fourth-order valence-electron chi connectivity index (χ4n) is 2.60. The van der Waals surface area contributed by atoms with Crippen molar-refractivity contribution in [3.8, 4) is 0 Å². The number of nitrogens with one attached hydrogen (secondary N) is 1. The van der Waals surface area contributed by atoms with Crippen LogP contribution < -0.4 is 5.32 Å². The van der Waals surface area contributed by atoms with Gasteiger partial charge in [0.1, 0.15) is 11.6 Å². The van der Waals surface area contributed by atoms with Crippen LogP contribution in [-0.2, 0) is 6.42 Å². The molecule has 5 heteroatoms. The number of hydrogen-bond acceptors (Lipinski definition) is 2. The van der Waals surface area contributed by atoms with Gasteiger partial charge < -0.3 is 5.32 Å². The lowest BCUT2D eigenvalue weighted by atomic mass is 10.0. The first kappa shape index (κ1) is 17.3. The van der Waals surface area contributed by atoms with Crippen molar-refractivity contribution >= 4 is 17.2 Å². The summed E-state index contributed by atoms with van der Waals surface area (Å²) < 4.78 is 27.0. The van der Waals surface area contributed by atoms with Gasteiger partial charge >= 0.3 is 0 Å². The van der Waals surface area contributed by atoms with Gasteiger partial charge in [-0.2, -0.15) is 0 Å². The molecule has 0 bridgehead atoms. The molecule has 0 unspecified atom stereocenters. The smallest absolute Gasteiger partial charge is 0.255 e. The molecule has 1 atom stereocenters. The summed E-state index contributed by atoms with van der Waals surface area (Å²) in [5, 5.41) is 4.78. The molecule has 0 saturated heterocycles. The van der Waals surface area contributed by atoms with Gasteiger partial charge in [0.2, 0.25) is 0 Å². The average Bonchev–Trinajstić information content (AvgIpc) is 3.14. The number of aryl methyl sites for hydroxylation is 1. The third-order valence-electron chi connectivity index (χ3n) is 4.00. The van der Waals surface area contributed by atoms with Crippen molar-refractivity contribution in [3.05, 3.63) is 93.2 Å². The normalized spacial score (nSPS) is 12.0. The lowest BCUT2D eigenvalue weighted by Gasteiger charge is -2.19. The Balaban J connectivity index is 1.91. The Morgan fingerprint density at radius 1 is 1.12 bits per heavy atom. The minimum atomic E-state index is -0.872. The van der Waals surface area contributed by atoms with Gasteiger partial charge in [-0.3, -0.25) is 4.79 Å². The zero-order chi connectivity index (χ0) is 17.8. The van der Waals surface area contributed by atoms with E-state index in [0.717, 1.165) is 29.0 Å². The first-order valence-electron chi connectivity index (χ1n) is 7.96. The van der Waals surface area contributed by atoms with E-state index in [1.807, 2.05) is 41.8 Å². The van der Waals surface area contributed by atoms with Gasteiger partial charge in [0.15, 0.2) is 0 Å². The SMILES string of the molecule is CCc1ccc([C@H](NC(=O)c2ccc(F)cc2F)c2cccs2)cc1. The highest BCUT2D eigenvalue weighted by Crippen LogP contribution is 2.27. The highest BCUT2D eigenvalue weighted by atomic mass is 32.1. The predicted molar refractivity (Wildman–Crippen MR) is 95.8 cm³/mol. The molecule has 3 aromatic rings. The number of halogens is 2. The van der Waals surface area contributed by atoms with Gasteiger partial charge in [-0.15, -0.1) is 11.3 Å². The highest BCUT2D eigenvalue weighted by Gasteiger charge is 2.21. The molecule has 128 valence electrons. The monoisotopic (exact) mass is 357 g/mol. The summed E-state index contributed by atoms with van der Waals surface area (Å²) in [6.45, 7) is 2.07. The quantitative estimate of drug-likeness (QED) is 0.676. The average molecular weight is 357 g/mol. The van der Waals surface area contributed by atoms with E-state index in [1.165, 1.54) is 16.9 Å². The maximum atomic E-state index is 13.9. The number of benzene rings is 2. The molecule has 0 radical (unpaired) electrons.